The molecule has 0 aromatic carbocycles. The van der Waals surface area contributed by atoms with Gasteiger partial charge in [-0.1, -0.05) is 0 Å². The van der Waals surface area contributed by atoms with E-state index in [1.165, 1.54) is 16.8 Å². The van der Waals surface area contributed by atoms with E-state index in [1.807, 2.05) is 0 Å². The lowest BCUT2D eigenvalue weighted by molar-refractivity contribution is 0.191. The van der Waals surface area contributed by atoms with Crippen molar-refractivity contribution >= 4 is 0 Å². The van der Waals surface area contributed by atoms with E-state index in [0.29, 0.717) is 5.69 Å². The third kappa shape index (κ3) is 1.65. The molecule has 1 aromatic heterocycles. The molecular weight excluding hydrogens is 144 g/mol. The maximum absolute atomic E-state index is 10.8. The van der Waals surface area contributed by atoms with Gasteiger partial charge in [0.25, 0.3) is 5.56 Å². The molecule has 1 unspecified atom stereocenters. The van der Waals surface area contributed by atoms with Gasteiger partial charge in [-0.15, -0.1) is 0 Å². The zero-order valence-electron chi connectivity index (χ0n) is 6.48. The van der Waals surface area contributed by atoms with Gasteiger partial charge in [-0.2, -0.15) is 5.10 Å². The molecule has 0 aliphatic rings. The summed E-state index contributed by atoms with van der Waals surface area (Å²) >= 11 is 0. The number of aliphatic hydroxyl groups is 1. The summed E-state index contributed by atoms with van der Waals surface area (Å²) in [6, 6.07) is 2.90. The summed E-state index contributed by atoms with van der Waals surface area (Å²) in [6.07, 6.45) is -0.623. The number of hydrogen-bond acceptors (Lipinski definition) is 3. The summed E-state index contributed by atoms with van der Waals surface area (Å²) in [7, 11) is 1.55. The predicted octanol–water partition coefficient (Wildman–Crippen LogP) is -0.166. The van der Waals surface area contributed by atoms with Crippen LogP contribution in [0.15, 0.2) is 16.9 Å². The quantitative estimate of drug-likeness (QED) is 0.611. The second kappa shape index (κ2) is 2.84. The summed E-state index contributed by atoms with van der Waals surface area (Å²) in [5.41, 5.74) is 0.335. The molecule has 0 aliphatic carbocycles. The highest BCUT2D eigenvalue weighted by Crippen LogP contribution is 2.03. The number of aryl methyl sites for hydroxylation is 1. The fraction of sp³-hybridized carbons (Fsp3) is 0.429. The van der Waals surface area contributed by atoms with E-state index in [1.54, 1.807) is 14.0 Å². The van der Waals surface area contributed by atoms with Crippen LogP contribution >= 0.6 is 0 Å². The molecule has 0 spiro atoms. The van der Waals surface area contributed by atoms with E-state index in [9.17, 15) is 4.79 Å². The smallest absolute Gasteiger partial charge is 0.266 e. The lowest BCUT2D eigenvalue weighted by atomic mass is 10.3. The molecule has 0 amide bonds. The molecule has 0 bridgehead atoms. The van der Waals surface area contributed by atoms with Crippen molar-refractivity contribution in [2.75, 3.05) is 0 Å². The Kier molecular flexibility index (Phi) is 2.05. The summed E-state index contributed by atoms with van der Waals surface area (Å²) in [5, 5.41) is 12.9. The first-order chi connectivity index (χ1) is 5.11. The minimum absolute atomic E-state index is 0.172. The van der Waals surface area contributed by atoms with Crippen molar-refractivity contribution < 1.29 is 5.11 Å². The summed E-state index contributed by atoms with van der Waals surface area (Å²) in [5.74, 6) is 0. The second-order valence-corrected chi connectivity index (χ2v) is 2.40. The highest BCUT2D eigenvalue weighted by molar-refractivity contribution is 5.02. The first-order valence-electron chi connectivity index (χ1n) is 3.33. The molecule has 60 valence electrons. The molecule has 1 rings (SSSR count). The lowest BCUT2D eigenvalue weighted by Gasteiger charge is -2.03. The van der Waals surface area contributed by atoms with Gasteiger partial charge in [-0.3, -0.25) is 4.79 Å². The molecular formula is C7H10N2O2. The Bertz CT molecular complexity index is 304. The molecule has 0 saturated heterocycles. The Morgan fingerprint density at radius 2 is 2.27 bits per heavy atom. The van der Waals surface area contributed by atoms with Crippen LogP contribution in [0.3, 0.4) is 0 Å². The first-order valence-corrected chi connectivity index (χ1v) is 3.33. The molecule has 4 nitrogen and oxygen atoms in total. The van der Waals surface area contributed by atoms with Crippen LogP contribution in [0, 0.1) is 0 Å². The summed E-state index contributed by atoms with van der Waals surface area (Å²) in [6.45, 7) is 1.60. The topological polar surface area (TPSA) is 55.1 Å². The van der Waals surface area contributed by atoms with Crippen LogP contribution in [0.25, 0.3) is 0 Å². The van der Waals surface area contributed by atoms with Crippen LogP contribution < -0.4 is 5.56 Å². The highest BCUT2D eigenvalue weighted by atomic mass is 16.3. The van der Waals surface area contributed by atoms with Gasteiger partial charge in [0.15, 0.2) is 0 Å². The van der Waals surface area contributed by atoms with E-state index in [0.717, 1.165) is 0 Å². The van der Waals surface area contributed by atoms with E-state index in [2.05, 4.69) is 5.10 Å². The molecule has 0 radical (unpaired) electrons. The van der Waals surface area contributed by atoms with Crippen LogP contribution in [0.1, 0.15) is 18.7 Å². The Morgan fingerprint density at radius 3 is 2.73 bits per heavy atom. The van der Waals surface area contributed by atoms with Crippen molar-refractivity contribution in [1.82, 2.24) is 9.78 Å². The third-order valence-electron chi connectivity index (χ3n) is 1.41. The van der Waals surface area contributed by atoms with E-state index in [4.69, 9.17) is 5.11 Å². The SMILES string of the molecule is CC(O)c1ccc(=O)n(C)n1. The minimum Gasteiger partial charge on any atom is -0.387 e. The van der Waals surface area contributed by atoms with Gasteiger partial charge in [-0.25, -0.2) is 4.68 Å². The molecule has 1 N–H and O–H groups in total. The van der Waals surface area contributed by atoms with Crippen molar-refractivity contribution in [3.05, 3.63) is 28.2 Å². The van der Waals surface area contributed by atoms with Gasteiger partial charge >= 0.3 is 0 Å². The van der Waals surface area contributed by atoms with Crippen LogP contribution in [0.4, 0.5) is 0 Å². The number of nitrogens with zero attached hydrogens (tertiary/aromatic N) is 2. The molecule has 1 heterocycles. The Balaban J connectivity index is 3.15. The van der Waals surface area contributed by atoms with Crippen LogP contribution in [0.2, 0.25) is 0 Å². The van der Waals surface area contributed by atoms with Gasteiger partial charge in [0.2, 0.25) is 0 Å². The second-order valence-electron chi connectivity index (χ2n) is 2.40. The molecule has 11 heavy (non-hydrogen) atoms. The zero-order valence-corrected chi connectivity index (χ0v) is 6.48. The molecule has 0 aliphatic heterocycles. The monoisotopic (exact) mass is 154 g/mol. The van der Waals surface area contributed by atoms with Gasteiger partial charge in [-0.05, 0) is 13.0 Å². The molecule has 1 atom stereocenters. The number of aliphatic hydroxyl groups excluding tert-OH is 1. The van der Waals surface area contributed by atoms with Gasteiger partial charge in [0.05, 0.1) is 11.8 Å². The average Bonchev–Trinajstić information content (AvgIpc) is 1.94. The number of aromatic nitrogens is 2. The van der Waals surface area contributed by atoms with Crippen LogP contribution in [-0.2, 0) is 7.05 Å². The minimum atomic E-state index is -0.623. The largest absolute Gasteiger partial charge is 0.387 e. The normalized spacial score (nSPS) is 13.0. The van der Waals surface area contributed by atoms with Gasteiger partial charge < -0.3 is 5.11 Å². The Hall–Kier alpha value is -1.16. The average molecular weight is 154 g/mol. The molecule has 1 aromatic rings. The third-order valence-corrected chi connectivity index (χ3v) is 1.41. The van der Waals surface area contributed by atoms with Gasteiger partial charge in [0, 0.05) is 13.1 Å². The highest BCUT2D eigenvalue weighted by Gasteiger charge is 2.02. The maximum atomic E-state index is 10.8. The van der Waals surface area contributed by atoms with Gasteiger partial charge in [0.1, 0.15) is 0 Å². The standard InChI is InChI=1S/C7H10N2O2/c1-5(10)6-3-4-7(11)9(2)8-6/h3-5,10H,1-2H3. The predicted molar refractivity (Wildman–Crippen MR) is 40.1 cm³/mol. The van der Waals surface area contributed by atoms with E-state index in [-0.39, 0.29) is 5.56 Å². The molecule has 0 fully saturated rings. The number of hydrogen-bond donors (Lipinski definition) is 1. The fourth-order valence-corrected chi connectivity index (χ4v) is 0.743. The van der Waals surface area contributed by atoms with Crippen molar-refractivity contribution in [1.29, 1.82) is 0 Å². The summed E-state index contributed by atoms with van der Waals surface area (Å²) < 4.78 is 1.20. The van der Waals surface area contributed by atoms with Crippen molar-refractivity contribution in [3.8, 4) is 0 Å². The Morgan fingerprint density at radius 1 is 1.64 bits per heavy atom. The summed E-state index contributed by atoms with van der Waals surface area (Å²) in [4.78, 5) is 10.8. The van der Waals surface area contributed by atoms with Crippen LogP contribution in [-0.4, -0.2) is 14.9 Å². The maximum Gasteiger partial charge on any atom is 0.266 e. The van der Waals surface area contributed by atoms with Crippen molar-refractivity contribution in [2.24, 2.45) is 7.05 Å². The van der Waals surface area contributed by atoms with Crippen LogP contribution in [0.5, 0.6) is 0 Å². The lowest BCUT2D eigenvalue weighted by Crippen LogP contribution is -2.19. The molecule has 0 saturated carbocycles. The van der Waals surface area contributed by atoms with Crippen molar-refractivity contribution in [2.45, 2.75) is 13.0 Å². The first kappa shape index (κ1) is 7.94. The van der Waals surface area contributed by atoms with E-state index >= 15 is 0 Å². The number of rotatable bonds is 1. The molecule has 4 heteroatoms. The van der Waals surface area contributed by atoms with Crippen molar-refractivity contribution in [3.63, 3.8) is 0 Å². The fourth-order valence-electron chi connectivity index (χ4n) is 0.743. The zero-order chi connectivity index (χ0) is 8.43. The van der Waals surface area contributed by atoms with E-state index < -0.39 is 6.10 Å². The Labute approximate surface area is 64.1 Å².